The lowest BCUT2D eigenvalue weighted by Crippen LogP contribution is -3.00. The minimum Gasteiger partial charge on any atom is -1.00 e. The SMILES string of the molecule is CCOC(=O)CCNCc1ccc(F)cc1.[Cl-]. The first-order valence-electron chi connectivity index (χ1n) is 5.33. The lowest BCUT2D eigenvalue weighted by atomic mass is 10.2. The molecule has 3 nitrogen and oxygen atoms in total. The van der Waals surface area contributed by atoms with E-state index in [1.807, 2.05) is 0 Å². The van der Waals surface area contributed by atoms with E-state index in [0.717, 1.165) is 5.56 Å². The van der Waals surface area contributed by atoms with Gasteiger partial charge in [-0.15, -0.1) is 0 Å². The summed E-state index contributed by atoms with van der Waals surface area (Å²) in [6.45, 7) is 3.39. The van der Waals surface area contributed by atoms with Crippen LogP contribution in [0.5, 0.6) is 0 Å². The number of nitrogens with one attached hydrogen (secondary N) is 1. The second kappa shape index (κ2) is 8.96. The Kier molecular flexibility index (Phi) is 8.36. The molecule has 0 saturated carbocycles. The summed E-state index contributed by atoms with van der Waals surface area (Å²) in [5.41, 5.74) is 0.991. The first-order valence-corrected chi connectivity index (χ1v) is 5.33. The van der Waals surface area contributed by atoms with Gasteiger partial charge < -0.3 is 22.5 Å². The average Bonchev–Trinajstić information content (AvgIpc) is 2.27. The van der Waals surface area contributed by atoms with E-state index in [9.17, 15) is 9.18 Å². The molecule has 0 saturated heterocycles. The van der Waals surface area contributed by atoms with Crippen molar-refractivity contribution in [2.24, 2.45) is 0 Å². The lowest BCUT2D eigenvalue weighted by Gasteiger charge is -2.04. The second-order valence-electron chi connectivity index (χ2n) is 3.36. The molecule has 0 aliphatic rings. The van der Waals surface area contributed by atoms with Crippen LogP contribution in [0, 0.1) is 5.82 Å². The molecule has 96 valence electrons. The fourth-order valence-electron chi connectivity index (χ4n) is 1.26. The molecule has 0 bridgehead atoms. The van der Waals surface area contributed by atoms with E-state index in [1.54, 1.807) is 19.1 Å². The van der Waals surface area contributed by atoms with Crippen molar-refractivity contribution in [3.63, 3.8) is 0 Å². The molecule has 0 spiro atoms. The van der Waals surface area contributed by atoms with Gasteiger partial charge in [0, 0.05) is 13.1 Å². The Balaban J connectivity index is 0.00000256. The summed E-state index contributed by atoms with van der Waals surface area (Å²) in [5.74, 6) is -0.440. The summed E-state index contributed by atoms with van der Waals surface area (Å²) in [6.07, 6.45) is 0.356. The molecule has 0 aromatic heterocycles. The minimum atomic E-state index is -0.240. The van der Waals surface area contributed by atoms with Crippen molar-refractivity contribution in [2.45, 2.75) is 19.9 Å². The van der Waals surface area contributed by atoms with Gasteiger partial charge in [-0.05, 0) is 24.6 Å². The van der Waals surface area contributed by atoms with E-state index in [4.69, 9.17) is 4.74 Å². The van der Waals surface area contributed by atoms with Gasteiger partial charge in [-0.25, -0.2) is 4.39 Å². The molecule has 0 fully saturated rings. The van der Waals surface area contributed by atoms with Gasteiger partial charge in [0.1, 0.15) is 5.82 Å². The van der Waals surface area contributed by atoms with Gasteiger partial charge in [0.2, 0.25) is 0 Å². The predicted molar refractivity (Wildman–Crippen MR) is 59.4 cm³/mol. The number of carbonyl (C=O) groups is 1. The molecule has 5 heteroatoms. The van der Waals surface area contributed by atoms with Gasteiger partial charge in [-0.1, -0.05) is 12.1 Å². The maximum atomic E-state index is 12.6. The second-order valence-corrected chi connectivity index (χ2v) is 3.36. The summed E-state index contributed by atoms with van der Waals surface area (Å²) >= 11 is 0. The van der Waals surface area contributed by atoms with E-state index in [2.05, 4.69) is 5.32 Å². The van der Waals surface area contributed by atoms with E-state index < -0.39 is 0 Å². The molecule has 1 aromatic rings. The van der Waals surface area contributed by atoms with Gasteiger partial charge >= 0.3 is 5.97 Å². The number of ether oxygens (including phenoxy) is 1. The molecule has 0 unspecified atom stereocenters. The van der Waals surface area contributed by atoms with Crippen LogP contribution in [0.15, 0.2) is 24.3 Å². The third-order valence-electron chi connectivity index (χ3n) is 2.05. The normalized spacial score (nSPS) is 9.53. The van der Waals surface area contributed by atoms with Crippen molar-refractivity contribution < 1.29 is 26.3 Å². The lowest BCUT2D eigenvalue weighted by molar-refractivity contribution is -0.142. The zero-order valence-electron chi connectivity index (χ0n) is 9.71. The summed E-state index contributed by atoms with van der Waals surface area (Å²) in [4.78, 5) is 11.0. The molecule has 0 aliphatic heterocycles. The summed E-state index contributed by atoms with van der Waals surface area (Å²) in [6, 6.07) is 6.27. The topological polar surface area (TPSA) is 38.3 Å². The van der Waals surface area contributed by atoms with Gasteiger partial charge in [0.15, 0.2) is 0 Å². The summed E-state index contributed by atoms with van der Waals surface area (Å²) in [5, 5.41) is 3.09. The number of esters is 1. The van der Waals surface area contributed by atoms with Crippen LogP contribution in [-0.4, -0.2) is 19.1 Å². The number of hydrogen-bond donors (Lipinski definition) is 1. The van der Waals surface area contributed by atoms with E-state index in [0.29, 0.717) is 26.1 Å². The van der Waals surface area contributed by atoms with Gasteiger partial charge in [0.25, 0.3) is 0 Å². The number of halogens is 2. The third-order valence-corrected chi connectivity index (χ3v) is 2.05. The van der Waals surface area contributed by atoms with E-state index >= 15 is 0 Å². The monoisotopic (exact) mass is 260 g/mol. The average molecular weight is 261 g/mol. The molecule has 0 atom stereocenters. The standard InChI is InChI=1S/C12H16FNO2.ClH/c1-2-16-12(15)7-8-14-9-10-3-5-11(13)6-4-10;/h3-6,14H,2,7-9H2,1H3;1H/p-1. The Hall–Kier alpha value is -1.13. The highest BCUT2D eigenvalue weighted by Crippen LogP contribution is 2.01. The highest BCUT2D eigenvalue weighted by atomic mass is 35.5. The summed E-state index contributed by atoms with van der Waals surface area (Å²) < 4.78 is 17.4. The van der Waals surface area contributed by atoms with Crippen LogP contribution in [-0.2, 0) is 16.1 Å². The Morgan fingerprint density at radius 3 is 2.59 bits per heavy atom. The molecule has 1 rings (SSSR count). The highest BCUT2D eigenvalue weighted by Gasteiger charge is 2.00. The van der Waals surface area contributed by atoms with Crippen molar-refractivity contribution in [3.05, 3.63) is 35.6 Å². The smallest absolute Gasteiger partial charge is 0.307 e. The van der Waals surface area contributed by atoms with Crippen LogP contribution in [0.3, 0.4) is 0 Å². The maximum absolute atomic E-state index is 12.6. The quantitative estimate of drug-likeness (QED) is 0.520. The number of hydrogen-bond acceptors (Lipinski definition) is 3. The molecule has 0 amide bonds. The molecular formula is C12H16ClFNO2-. The Labute approximate surface area is 107 Å². The number of benzene rings is 1. The maximum Gasteiger partial charge on any atom is 0.307 e. The van der Waals surface area contributed by atoms with Crippen LogP contribution in [0.1, 0.15) is 18.9 Å². The fourth-order valence-corrected chi connectivity index (χ4v) is 1.26. The molecule has 0 radical (unpaired) electrons. The minimum absolute atomic E-state index is 0. The fraction of sp³-hybridized carbons (Fsp3) is 0.417. The Bertz CT molecular complexity index is 330. The van der Waals surface area contributed by atoms with Crippen LogP contribution in [0.4, 0.5) is 4.39 Å². The molecular weight excluding hydrogens is 245 g/mol. The van der Waals surface area contributed by atoms with Crippen LogP contribution < -0.4 is 17.7 Å². The molecule has 17 heavy (non-hydrogen) atoms. The third kappa shape index (κ3) is 6.92. The largest absolute Gasteiger partial charge is 1.00 e. The zero-order chi connectivity index (χ0) is 11.8. The van der Waals surface area contributed by atoms with E-state index in [1.165, 1.54) is 12.1 Å². The van der Waals surface area contributed by atoms with Crippen molar-refractivity contribution in [3.8, 4) is 0 Å². The molecule has 0 aliphatic carbocycles. The van der Waals surface area contributed by atoms with Gasteiger partial charge in [-0.3, -0.25) is 4.79 Å². The van der Waals surface area contributed by atoms with Crippen LogP contribution >= 0.6 is 0 Å². The van der Waals surface area contributed by atoms with E-state index in [-0.39, 0.29) is 24.2 Å². The zero-order valence-corrected chi connectivity index (χ0v) is 10.5. The molecule has 1 N–H and O–H groups in total. The van der Waals surface area contributed by atoms with Crippen LogP contribution in [0.25, 0.3) is 0 Å². The molecule has 1 aromatic carbocycles. The van der Waals surface area contributed by atoms with Gasteiger partial charge in [-0.2, -0.15) is 0 Å². The predicted octanol–water partition coefficient (Wildman–Crippen LogP) is -1.13. The van der Waals surface area contributed by atoms with Crippen molar-refractivity contribution in [1.82, 2.24) is 5.32 Å². The highest BCUT2D eigenvalue weighted by molar-refractivity contribution is 5.69. The van der Waals surface area contributed by atoms with Crippen LogP contribution in [0.2, 0.25) is 0 Å². The van der Waals surface area contributed by atoms with Crippen molar-refractivity contribution >= 4 is 5.97 Å². The Morgan fingerprint density at radius 1 is 1.35 bits per heavy atom. The van der Waals surface area contributed by atoms with Crippen molar-refractivity contribution in [1.29, 1.82) is 0 Å². The number of rotatable bonds is 6. The first kappa shape index (κ1) is 15.9. The van der Waals surface area contributed by atoms with Crippen molar-refractivity contribution in [2.75, 3.05) is 13.2 Å². The summed E-state index contributed by atoms with van der Waals surface area (Å²) in [7, 11) is 0. The Morgan fingerprint density at radius 2 is 2.00 bits per heavy atom. The molecule has 0 heterocycles. The van der Waals surface area contributed by atoms with Gasteiger partial charge in [0.05, 0.1) is 13.0 Å². The first-order chi connectivity index (χ1) is 7.72. The number of carbonyl (C=O) groups excluding carboxylic acids is 1.